The Balaban J connectivity index is 1.30. The van der Waals surface area contributed by atoms with Crippen molar-refractivity contribution in [1.82, 2.24) is 15.1 Å². The number of benzene rings is 1. The molecule has 1 aromatic carbocycles. The lowest BCUT2D eigenvalue weighted by molar-refractivity contribution is -0.152. The quantitative estimate of drug-likeness (QED) is 0.524. The zero-order valence-electron chi connectivity index (χ0n) is 16.5. The molecule has 0 bridgehead atoms. The van der Waals surface area contributed by atoms with E-state index in [9.17, 15) is 19.2 Å². The number of nitrogens with one attached hydrogen (secondary N) is 1. The lowest BCUT2D eigenvalue weighted by atomic mass is 9.90. The highest BCUT2D eigenvalue weighted by molar-refractivity contribution is 6.01. The first-order chi connectivity index (χ1) is 14.0. The Morgan fingerprint density at radius 1 is 1.10 bits per heavy atom. The number of likely N-dealkylation sites (tertiary alicyclic amines) is 1. The second-order valence-electron chi connectivity index (χ2n) is 7.48. The van der Waals surface area contributed by atoms with Crippen LogP contribution in [0.2, 0.25) is 0 Å². The van der Waals surface area contributed by atoms with Crippen molar-refractivity contribution < 1.29 is 23.9 Å². The molecule has 0 spiro atoms. The number of nitrogens with zero attached hydrogens (tertiary/aromatic N) is 2. The number of urea groups is 1. The van der Waals surface area contributed by atoms with E-state index in [1.54, 1.807) is 4.90 Å². The van der Waals surface area contributed by atoms with E-state index in [1.165, 1.54) is 5.56 Å². The second-order valence-corrected chi connectivity index (χ2v) is 7.48. The third-order valence-corrected chi connectivity index (χ3v) is 5.39. The summed E-state index contributed by atoms with van der Waals surface area (Å²) in [5.41, 5.74) is 1.32. The van der Waals surface area contributed by atoms with Crippen molar-refractivity contribution >= 4 is 23.8 Å². The molecule has 0 aromatic heterocycles. The van der Waals surface area contributed by atoms with Crippen molar-refractivity contribution in [3.63, 3.8) is 0 Å². The Morgan fingerprint density at radius 3 is 2.48 bits per heavy atom. The smallest absolute Gasteiger partial charge is 0.324 e. The van der Waals surface area contributed by atoms with Crippen molar-refractivity contribution in [3.8, 4) is 0 Å². The third kappa shape index (κ3) is 6.04. The molecule has 156 valence electrons. The maximum Gasteiger partial charge on any atom is 0.324 e. The summed E-state index contributed by atoms with van der Waals surface area (Å²) in [6.45, 7) is 1.27. The predicted molar refractivity (Wildman–Crippen MR) is 105 cm³/mol. The number of imide groups is 1. The topological polar surface area (TPSA) is 96.0 Å². The van der Waals surface area contributed by atoms with E-state index in [4.69, 9.17) is 4.74 Å². The largest absolute Gasteiger partial charge is 0.456 e. The van der Waals surface area contributed by atoms with E-state index in [-0.39, 0.29) is 37.9 Å². The fraction of sp³-hybridized carbons (Fsp3) is 0.524. The third-order valence-electron chi connectivity index (χ3n) is 5.39. The standard InChI is InChI=1S/C21H27N3O5/c25-18-14-22-21(28)24(18)10-4-7-20(27)29-15-19(26)23-11-8-17(9-12-23)13-16-5-2-1-3-6-16/h1-3,5-6,17H,4,7-15H2,(H,22,28). The number of rotatable bonds is 8. The summed E-state index contributed by atoms with van der Waals surface area (Å²) in [7, 11) is 0. The zero-order chi connectivity index (χ0) is 20.6. The van der Waals surface area contributed by atoms with Crippen LogP contribution in [0.5, 0.6) is 0 Å². The molecule has 2 heterocycles. The molecule has 1 N–H and O–H groups in total. The minimum absolute atomic E-state index is 0.000177. The van der Waals surface area contributed by atoms with Crippen LogP contribution in [0.1, 0.15) is 31.2 Å². The number of ether oxygens (including phenoxy) is 1. The van der Waals surface area contributed by atoms with Gasteiger partial charge < -0.3 is 15.0 Å². The first-order valence-corrected chi connectivity index (χ1v) is 10.1. The molecule has 4 amide bonds. The van der Waals surface area contributed by atoms with Gasteiger partial charge in [-0.3, -0.25) is 19.3 Å². The van der Waals surface area contributed by atoms with E-state index in [0.717, 1.165) is 24.2 Å². The normalized spacial score (nSPS) is 17.4. The van der Waals surface area contributed by atoms with Gasteiger partial charge in [-0.1, -0.05) is 30.3 Å². The van der Waals surface area contributed by atoms with Crippen molar-refractivity contribution in [1.29, 1.82) is 0 Å². The number of hydrogen-bond acceptors (Lipinski definition) is 5. The molecule has 0 aliphatic carbocycles. The van der Waals surface area contributed by atoms with Crippen molar-refractivity contribution in [2.75, 3.05) is 32.8 Å². The van der Waals surface area contributed by atoms with E-state index >= 15 is 0 Å². The summed E-state index contributed by atoms with van der Waals surface area (Å²) >= 11 is 0. The summed E-state index contributed by atoms with van der Waals surface area (Å²) in [4.78, 5) is 49.8. The molecule has 0 unspecified atom stereocenters. The van der Waals surface area contributed by atoms with Crippen LogP contribution in [0.3, 0.4) is 0 Å². The van der Waals surface area contributed by atoms with Gasteiger partial charge in [0.25, 0.3) is 5.91 Å². The molecule has 0 radical (unpaired) electrons. The number of carbonyl (C=O) groups is 4. The van der Waals surface area contributed by atoms with Crippen molar-refractivity contribution in [2.24, 2.45) is 5.92 Å². The molecule has 8 heteroatoms. The minimum Gasteiger partial charge on any atom is -0.456 e. The Labute approximate surface area is 170 Å². The summed E-state index contributed by atoms with van der Waals surface area (Å²) in [5.74, 6) is -0.404. The highest BCUT2D eigenvalue weighted by Gasteiger charge is 2.28. The molecular formula is C21H27N3O5. The molecule has 2 fully saturated rings. The molecular weight excluding hydrogens is 374 g/mol. The van der Waals surface area contributed by atoms with E-state index in [1.807, 2.05) is 18.2 Å². The molecule has 2 saturated heterocycles. The maximum atomic E-state index is 12.3. The predicted octanol–water partition coefficient (Wildman–Crippen LogP) is 1.34. The maximum absolute atomic E-state index is 12.3. The van der Waals surface area contributed by atoms with Crippen LogP contribution in [-0.4, -0.2) is 66.4 Å². The molecule has 8 nitrogen and oxygen atoms in total. The van der Waals surface area contributed by atoms with Crippen molar-refractivity contribution in [3.05, 3.63) is 35.9 Å². The lowest BCUT2D eigenvalue weighted by Crippen LogP contribution is -2.41. The summed E-state index contributed by atoms with van der Waals surface area (Å²) < 4.78 is 5.06. The van der Waals surface area contributed by atoms with Gasteiger partial charge in [-0.05, 0) is 37.2 Å². The molecule has 3 rings (SSSR count). The fourth-order valence-corrected chi connectivity index (χ4v) is 3.70. The van der Waals surface area contributed by atoms with E-state index in [0.29, 0.717) is 25.4 Å². The molecule has 0 atom stereocenters. The lowest BCUT2D eigenvalue weighted by Gasteiger charge is -2.32. The zero-order valence-corrected chi connectivity index (χ0v) is 16.5. The SMILES string of the molecule is O=C(CCCN1C(=O)CNC1=O)OCC(=O)N1CCC(Cc2ccccc2)CC1. The van der Waals surface area contributed by atoms with Crippen LogP contribution < -0.4 is 5.32 Å². The van der Waals surface area contributed by atoms with Gasteiger partial charge in [-0.25, -0.2) is 4.79 Å². The van der Waals surface area contributed by atoms with Gasteiger partial charge in [-0.15, -0.1) is 0 Å². The minimum atomic E-state index is -0.496. The number of amides is 4. The first-order valence-electron chi connectivity index (χ1n) is 10.1. The van der Waals surface area contributed by atoms with Gasteiger partial charge in [0, 0.05) is 26.1 Å². The second kappa shape index (κ2) is 10.0. The van der Waals surface area contributed by atoms with Gasteiger partial charge in [0.15, 0.2) is 6.61 Å². The first kappa shape index (κ1) is 20.8. The van der Waals surface area contributed by atoms with Gasteiger partial charge >= 0.3 is 12.0 Å². The number of piperidine rings is 1. The Hall–Kier alpha value is -2.90. The van der Waals surface area contributed by atoms with Crippen LogP contribution in [0.4, 0.5) is 4.79 Å². The average Bonchev–Trinajstić information content (AvgIpc) is 3.05. The average molecular weight is 401 g/mol. The Morgan fingerprint density at radius 2 is 1.83 bits per heavy atom. The summed E-state index contributed by atoms with van der Waals surface area (Å²) in [6.07, 6.45) is 3.29. The van der Waals surface area contributed by atoms with Gasteiger partial charge in [0.05, 0.1) is 6.54 Å². The Bertz CT molecular complexity index is 728. The van der Waals surface area contributed by atoms with Crippen LogP contribution in [-0.2, 0) is 25.5 Å². The summed E-state index contributed by atoms with van der Waals surface area (Å²) in [5, 5.41) is 2.42. The van der Waals surface area contributed by atoms with E-state index in [2.05, 4.69) is 17.4 Å². The number of hydrogen-bond donors (Lipinski definition) is 1. The molecule has 0 saturated carbocycles. The van der Waals surface area contributed by atoms with Gasteiger partial charge in [-0.2, -0.15) is 0 Å². The van der Waals surface area contributed by atoms with Crippen molar-refractivity contribution in [2.45, 2.75) is 32.1 Å². The van der Waals surface area contributed by atoms with Gasteiger partial charge in [0.1, 0.15) is 0 Å². The van der Waals surface area contributed by atoms with Crippen LogP contribution in [0.15, 0.2) is 30.3 Å². The summed E-state index contributed by atoms with van der Waals surface area (Å²) in [6, 6.07) is 9.91. The molecule has 1 aromatic rings. The number of carbonyl (C=O) groups excluding carboxylic acids is 4. The van der Waals surface area contributed by atoms with Crippen LogP contribution in [0.25, 0.3) is 0 Å². The highest BCUT2D eigenvalue weighted by atomic mass is 16.5. The van der Waals surface area contributed by atoms with E-state index < -0.39 is 12.0 Å². The molecule has 29 heavy (non-hydrogen) atoms. The monoisotopic (exact) mass is 401 g/mol. The van der Waals surface area contributed by atoms with Gasteiger partial charge in [0.2, 0.25) is 5.91 Å². The Kier molecular flexibility index (Phi) is 7.21. The van der Waals surface area contributed by atoms with Crippen LogP contribution in [0, 0.1) is 5.92 Å². The highest BCUT2D eigenvalue weighted by Crippen LogP contribution is 2.21. The molecule has 2 aliphatic rings. The van der Waals surface area contributed by atoms with Crippen LogP contribution >= 0.6 is 0 Å². The molecule has 2 aliphatic heterocycles. The fourth-order valence-electron chi connectivity index (χ4n) is 3.70. The number of esters is 1.